The van der Waals surface area contributed by atoms with Gasteiger partial charge in [-0.15, -0.1) is 0 Å². The minimum atomic E-state index is -1.84. The van der Waals surface area contributed by atoms with E-state index in [0.717, 1.165) is 0 Å². The molecule has 24 valence electrons. The fourth-order valence-electron chi connectivity index (χ4n) is 0. The summed E-state index contributed by atoms with van der Waals surface area (Å²) in [7, 11) is 0. The number of rotatable bonds is 0. The van der Waals surface area contributed by atoms with E-state index in [1.165, 1.54) is 0 Å². The molecular weight excluding hydrogens is 63.0 g/mol. The van der Waals surface area contributed by atoms with Crippen LogP contribution in [0.3, 0.4) is 0 Å². The topological polar surface area (TPSA) is 40.1 Å². The predicted molar refractivity (Wildman–Crippen MR) is 10.7 cm³/mol. The van der Waals surface area contributed by atoms with Crippen molar-refractivity contribution < 1.29 is 31.5 Å². The summed E-state index contributed by atoms with van der Waals surface area (Å²) in [5.74, 6) is -1.66. The molecule has 0 rings (SSSR count). The molecule has 0 aromatic heterocycles. The Morgan fingerprint density at radius 1 is 2.20 bits per heavy atom. The van der Waals surface area contributed by atoms with E-state index in [-0.39, 0.29) is 18.9 Å². The summed E-state index contributed by atoms with van der Waals surface area (Å²) in [6.45, 7) is -1.84. The second-order valence-electron chi connectivity index (χ2n) is 0.319. The maximum Gasteiger partial charge on any atom is 1.00 e. The molecule has 0 N–H and O–H groups in total. The van der Waals surface area contributed by atoms with Crippen LogP contribution in [0.5, 0.6) is 0 Å². The molecule has 0 unspecified atom stereocenters. The third kappa shape index (κ3) is 3830. The van der Waals surface area contributed by atoms with E-state index in [9.17, 15) is 9.90 Å². The fraction of sp³-hybridized carbons (Fsp3) is 0.500. The van der Waals surface area contributed by atoms with Crippen LogP contribution < -0.4 is 24.0 Å². The second-order valence-corrected chi connectivity index (χ2v) is 0.319. The molecule has 0 aromatic rings. The maximum atomic E-state index is 9.21. The van der Waals surface area contributed by atoms with Gasteiger partial charge in [0.25, 0.3) is 0 Å². The van der Waals surface area contributed by atoms with Crippen LogP contribution in [0.1, 0.15) is 9.62 Å². The molecule has 0 atom stereocenters. The Morgan fingerprint density at radius 3 is 2.40 bits per heavy atom. The average Bonchev–Trinajstić information content (AvgIpc) is 1.36. The summed E-state index contributed by atoms with van der Waals surface area (Å²) < 4.78 is 12.1. The van der Waals surface area contributed by atoms with E-state index in [2.05, 4.69) is 0 Å². The summed E-state index contributed by atoms with van der Waals surface area (Å²) in [4.78, 5) is 9.21. The molecule has 3 heteroatoms. The van der Waals surface area contributed by atoms with E-state index < -0.39 is 12.8 Å². The van der Waals surface area contributed by atoms with Crippen molar-refractivity contribution in [2.75, 3.05) is 0 Å². The molecule has 0 radical (unpaired) electrons. The van der Waals surface area contributed by atoms with Gasteiger partial charge in [0, 0.05) is 8.71 Å². The van der Waals surface area contributed by atoms with E-state index in [1.54, 1.807) is 0 Å². The van der Waals surface area contributed by atoms with Crippen LogP contribution in [0, 0.1) is 0 Å². The molecule has 0 saturated carbocycles. The van der Waals surface area contributed by atoms with Crippen molar-refractivity contribution in [3.63, 3.8) is 0 Å². The zero-order chi connectivity index (χ0) is 5.15. The molecule has 0 fully saturated rings. The van der Waals surface area contributed by atoms with Gasteiger partial charge in [-0.25, -0.2) is 0 Å². The van der Waals surface area contributed by atoms with Gasteiger partial charge in [0.2, 0.25) is 0 Å². The number of aliphatic carboxylic acids is 1. The van der Waals surface area contributed by atoms with Gasteiger partial charge in [-0.05, 0) is 6.88 Å². The summed E-state index contributed by atoms with van der Waals surface area (Å²) in [6.07, 6.45) is 0. The van der Waals surface area contributed by atoms with Gasteiger partial charge in [0.05, 0.1) is 0 Å². The third-order valence-corrected chi connectivity index (χ3v) is 0. The number of hydrogen-bond acceptors (Lipinski definition) is 2. The zero-order valence-electron chi connectivity index (χ0n) is 4.89. The molecular formula is C2H3LiO2. The van der Waals surface area contributed by atoms with Gasteiger partial charge in [-0.3, -0.25) is 0 Å². The quantitative estimate of drug-likeness (QED) is 0.270. The van der Waals surface area contributed by atoms with Crippen LogP contribution in [0.25, 0.3) is 0 Å². The van der Waals surface area contributed by atoms with Gasteiger partial charge in [0.15, 0.2) is 0 Å². The van der Waals surface area contributed by atoms with Crippen molar-refractivity contribution in [2.24, 2.45) is 0 Å². The summed E-state index contributed by atoms with van der Waals surface area (Å²) in [5.41, 5.74) is 0. The van der Waals surface area contributed by atoms with Gasteiger partial charge >= 0.3 is 18.9 Å². The Labute approximate surface area is 45.2 Å². The Hall–Kier alpha value is 0.0674. The van der Waals surface area contributed by atoms with E-state index in [4.69, 9.17) is 2.74 Å². The van der Waals surface area contributed by atoms with Gasteiger partial charge in [-0.1, -0.05) is 0 Å². The molecule has 0 amide bonds. The normalized spacial score (nSPS) is 11.4. The molecule has 0 saturated heterocycles. The van der Waals surface area contributed by atoms with Gasteiger partial charge in [-0.2, -0.15) is 0 Å². The van der Waals surface area contributed by atoms with Crippen LogP contribution in [-0.2, 0) is 4.79 Å². The largest absolute Gasteiger partial charge is 1.00 e. The molecule has 0 heterocycles. The molecule has 0 spiro atoms. The van der Waals surface area contributed by atoms with Gasteiger partial charge in [0.1, 0.15) is 0 Å². The Morgan fingerprint density at radius 2 is 2.40 bits per heavy atom. The molecule has 2 nitrogen and oxygen atoms in total. The minimum absolute atomic E-state index is 0. The minimum Gasteiger partial charge on any atom is -0.550 e. The van der Waals surface area contributed by atoms with Crippen LogP contribution in [0.15, 0.2) is 0 Å². The van der Waals surface area contributed by atoms with Crippen LogP contribution in [0.2, 0.25) is 0 Å². The summed E-state index contributed by atoms with van der Waals surface area (Å²) in [5, 5.41) is 9.21. The predicted octanol–water partition coefficient (Wildman–Crippen LogP) is -4.24. The molecule has 0 aliphatic heterocycles. The van der Waals surface area contributed by atoms with Crippen LogP contribution in [-0.4, -0.2) is 5.97 Å². The van der Waals surface area contributed by atoms with E-state index in [1.807, 2.05) is 0 Å². The molecule has 0 aliphatic rings. The first-order valence-corrected chi connectivity index (χ1v) is 0.697. The second kappa shape index (κ2) is 4.07. The first kappa shape index (κ1) is 3.26. The van der Waals surface area contributed by atoms with E-state index >= 15 is 0 Å². The van der Waals surface area contributed by atoms with Crippen molar-refractivity contribution in [3.05, 3.63) is 0 Å². The Balaban J connectivity index is 0. The fourth-order valence-corrected chi connectivity index (χ4v) is 0. The number of hydrogen-bond donors (Lipinski definition) is 0. The van der Waals surface area contributed by atoms with Crippen LogP contribution in [0.4, 0.5) is 0 Å². The van der Waals surface area contributed by atoms with Crippen molar-refractivity contribution in [2.45, 2.75) is 6.88 Å². The van der Waals surface area contributed by atoms with Crippen molar-refractivity contribution in [1.29, 1.82) is 0 Å². The summed E-state index contributed by atoms with van der Waals surface area (Å²) in [6, 6.07) is 0. The molecule has 5 heavy (non-hydrogen) atoms. The zero-order valence-corrected chi connectivity index (χ0v) is 2.89. The van der Waals surface area contributed by atoms with Gasteiger partial charge < -0.3 is 9.90 Å². The number of carboxylic acids is 1. The maximum absolute atomic E-state index is 9.21. The molecule has 0 aromatic carbocycles. The standard InChI is InChI=1S/C2H4O2.Li/c1-2(3)4;/h1H3,(H,3,4);/q;+1/p-1/i1D2;. The monoisotopic (exact) mass is 68.0 g/mol. The van der Waals surface area contributed by atoms with Crippen molar-refractivity contribution >= 4 is 5.97 Å². The Kier molecular flexibility index (Phi) is 2.66. The number of carbonyl (C=O) groups excluding carboxylic acids is 1. The van der Waals surface area contributed by atoms with E-state index in [0.29, 0.717) is 0 Å². The third-order valence-electron chi connectivity index (χ3n) is 0. The Bertz CT molecular complexity index is 64.7. The average molecular weight is 68.0 g/mol. The first-order valence-electron chi connectivity index (χ1n) is 1.85. The van der Waals surface area contributed by atoms with Crippen molar-refractivity contribution in [3.8, 4) is 0 Å². The molecule has 0 aliphatic carbocycles. The number of carbonyl (C=O) groups is 1. The summed E-state index contributed by atoms with van der Waals surface area (Å²) >= 11 is 0. The SMILES string of the molecule is [2H]C([2H])C(=O)[O-].[Li+]. The first-order chi connectivity index (χ1) is 2.64. The van der Waals surface area contributed by atoms with Crippen molar-refractivity contribution in [1.82, 2.24) is 0 Å². The van der Waals surface area contributed by atoms with Crippen LogP contribution >= 0.6 is 0 Å². The molecule has 0 bridgehead atoms. The smallest absolute Gasteiger partial charge is 0.550 e. The number of carboxylic acid groups (broad SMARTS) is 1.